The Hall–Kier alpha value is -1.92. The van der Waals surface area contributed by atoms with Crippen molar-refractivity contribution in [3.05, 3.63) is 35.4 Å². The van der Waals surface area contributed by atoms with E-state index in [2.05, 4.69) is 29.2 Å². The molecule has 0 radical (unpaired) electrons. The van der Waals surface area contributed by atoms with Gasteiger partial charge < -0.3 is 15.1 Å². The van der Waals surface area contributed by atoms with Gasteiger partial charge in [0.25, 0.3) is 5.91 Å². The zero-order chi connectivity index (χ0) is 16.7. The van der Waals surface area contributed by atoms with Crippen LogP contribution in [0, 0.1) is 0 Å². The van der Waals surface area contributed by atoms with Crippen molar-refractivity contribution < 1.29 is 9.59 Å². The second-order valence-corrected chi connectivity index (χ2v) is 6.13. The lowest BCUT2D eigenvalue weighted by Gasteiger charge is -2.35. The van der Waals surface area contributed by atoms with Gasteiger partial charge in [-0.1, -0.05) is 12.1 Å². The Morgan fingerprint density at radius 2 is 1.83 bits per heavy atom. The zero-order valence-corrected chi connectivity index (χ0v) is 14.0. The van der Waals surface area contributed by atoms with Gasteiger partial charge in [-0.15, -0.1) is 0 Å². The Morgan fingerprint density at radius 1 is 1.17 bits per heavy atom. The number of carbonyl (C=O) groups excluding carboxylic acids is 2. The normalized spacial score (nSPS) is 15.7. The van der Waals surface area contributed by atoms with Gasteiger partial charge in [0.1, 0.15) is 0 Å². The van der Waals surface area contributed by atoms with Crippen molar-refractivity contribution in [1.82, 2.24) is 20.0 Å². The van der Waals surface area contributed by atoms with Crippen molar-refractivity contribution in [3.8, 4) is 0 Å². The van der Waals surface area contributed by atoms with Crippen LogP contribution in [0.15, 0.2) is 24.3 Å². The van der Waals surface area contributed by atoms with Crippen LogP contribution < -0.4 is 5.32 Å². The molecule has 0 saturated carbocycles. The van der Waals surface area contributed by atoms with Crippen molar-refractivity contribution in [3.63, 3.8) is 0 Å². The van der Waals surface area contributed by atoms with E-state index in [-0.39, 0.29) is 5.91 Å². The second-order valence-electron chi connectivity index (χ2n) is 6.13. The predicted molar refractivity (Wildman–Crippen MR) is 90.2 cm³/mol. The molecule has 0 aromatic heterocycles. The number of likely N-dealkylation sites (N-methyl/N-ethyl adjacent to an activating group) is 1. The largest absolute Gasteiger partial charge is 0.355 e. The number of rotatable bonds is 7. The summed E-state index contributed by atoms with van der Waals surface area (Å²) in [7, 11) is 4.15. The number of nitrogens with zero attached hydrogens (tertiary/aromatic N) is 3. The summed E-state index contributed by atoms with van der Waals surface area (Å²) in [6.07, 6.45) is 0.675. The van der Waals surface area contributed by atoms with E-state index in [0.717, 1.165) is 44.8 Å². The van der Waals surface area contributed by atoms with Crippen molar-refractivity contribution in [2.45, 2.75) is 6.54 Å². The maximum Gasteiger partial charge on any atom is 0.253 e. The summed E-state index contributed by atoms with van der Waals surface area (Å²) >= 11 is 0. The fourth-order valence-corrected chi connectivity index (χ4v) is 2.62. The standard InChI is InChI=1S/C17H26N4O2/c1-19(2)7-8-20-9-11-21(12-10-20)17(23)16-5-3-15(4-6-16)13-18-14-22/h3-6,14H,7-13H2,1-2H3,(H,18,22). The highest BCUT2D eigenvalue weighted by Gasteiger charge is 2.21. The first-order chi connectivity index (χ1) is 11.1. The van der Waals surface area contributed by atoms with Crippen molar-refractivity contribution in [2.75, 3.05) is 53.4 Å². The molecule has 2 amide bonds. The third-order valence-corrected chi connectivity index (χ3v) is 4.11. The van der Waals surface area contributed by atoms with E-state index in [4.69, 9.17) is 0 Å². The number of hydrogen-bond acceptors (Lipinski definition) is 4. The smallest absolute Gasteiger partial charge is 0.253 e. The molecule has 1 fully saturated rings. The average Bonchev–Trinajstić information content (AvgIpc) is 2.58. The van der Waals surface area contributed by atoms with Gasteiger partial charge in [-0.05, 0) is 31.8 Å². The topological polar surface area (TPSA) is 55.9 Å². The van der Waals surface area contributed by atoms with E-state index < -0.39 is 0 Å². The molecule has 1 aliphatic heterocycles. The van der Waals surface area contributed by atoms with E-state index >= 15 is 0 Å². The SMILES string of the molecule is CN(C)CCN1CCN(C(=O)c2ccc(CNC=O)cc2)CC1. The zero-order valence-electron chi connectivity index (χ0n) is 14.0. The molecular weight excluding hydrogens is 292 g/mol. The Kier molecular flexibility index (Phi) is 6.55. The lowest BCUT2D eigenvalue weighted by atomic mass is 10.1. The number of amides is 2. The monoisotopic (exact) mass is 318 g/mol. The minimum atomic E-state index is 0.0900. The van der Waals surface area contributed by atoms with Gasteiger partial charge in [0.2, 0.25) is 6.41 Å². The summed E-state index contributed by atoms with van der Waals surface area (Å²) in [5, 5.41) is 2.62. The minimum Gasteiger partial charge on any atom is -0.355 e. The maximum absolute atomic E-state index is 12.5. The van der Waals surface area contributed by atoms with Gasteiger partial charge in [-0.2, -0.15) is 0 Å². The number of nitrogens with one attached hydrogen (secondary N) is 1. The highest BCUT2D eigenvalue weighted by atomic mass is 16.2. The molecule has 1 aromatic rings. The highest BCUT2D eigenvalue weighted by Crippen LogP contribution is 2.10. The van der Waals surface area contributed by atoms with Gasteiger partial charge in [0.05, 0.1) is 0 Å². The lowest BCUT2D eigenvalue weighted by Crippen LogP contribution is -2.49. The van der Waals surface area contributed by atoms with Crippen LogP contribution in [-0.4, -0.2) is 80.4 Å². The van der Waals surface area contributed by atoms with Crippen LogP contribution in [0.25, 0.3) is 0 Å². The Morgan fingerprint density at radius 3 is 2.39 bits per heavy atom. The summed E-state index contributed by atoms with van der Waals surface area (Å²) in [5.41, 5.74) is 1.70. The van der Waals surface area contributed by atoms with Crippen LogP contribution in [0.3, 0.4) is 0 Å². The van der Waals surface area contributed by atoms with Crippen LogP contribution in [0.5, 0.6) is 0 Å². The van der Waals surface area contributed by atoms with E-state index in [1.807, 2.05) is 29.2 Å². The van der Waals surface area contributed by atoms with Crippen molar-refractivity contribution in [1.29, 1.82) is 0 Å². The van der Waals surface area contributed by atoms with Crippen LogP contribution in [0.4, 0.5) is 0 Å². The minimum absolute atomic E-state index is 0.0900. The number of benzene rings is 1. The molecule has 0 atom stereocenters. The fraction of sp³-hybridized carbons (Fsp3) is 0.529. The van der Waals surface area contributed by atoms with E-state index in [9.17, 15) is 9.59 Å². The summed E-state index contributed by atoms with van der Waals surface area (Å²) in [6, 6.07) is 7.44. The lowest BCUT2D eigenvalue weighted by molar-refractivity contribution is -0.109. The van der Waals surface area contributed by atoms with Gasteiger partial charge in [0.15, 0.2) is 0 Å². The Balaban J connectivity index is 1.83. The van der Waals surface area contributed by atoms with Gasteiger partial charge in [-0.25, -0.2) is 0 Å². The van der Waals surface area contributed by atoms with Gasteiger partial charge >= 0.3 is 0 Å². The molecule has 0 bridgehead atoms. The van der Waals surface area contributed by atoms with Crippen LogP contribution in [0.2, 0.25) is 0 Å². The maximum atomic E-state index is 12.5. The second kappa shape index (κ2) is 8.64. The molecule has 1 aromatic carbocycles. The van der Waals surface area contributed by atoms with Gasteiger partial charge in [0, 0.05) is 51.4 Å². The molecule has 1 saturated heterocycles. The molecule has 23 heavy (non-hydrogen) atoms. The number of hydrogen-bond donors (Lipinski definition) is 1. The van der Waals surface area contributed by atoms with E-state index in [1.165, 1.54) is 0 Å². The molecule has 0 aliphatic carbocycles. The summed E-state index contributed by atoms with van der Waals surface area (Å²) in [5.74, 6) is 0.0900. The number of piperazine rings is 1. The Bertz CT molecular complexity index is 508. The van der Waals surface area contributed by atoms with E-state index in [0.29, 0.717) is 18.5 Å². The molecule has 2 rings (SSSR count). The molecule has 1 N–H and O–H groups in total. The summed E-state index contributed by atoms with van der Waals surface area (Å²) < 4.78 is 0. The first kappa shape index (κ1) is 17.4. The third-order valence-electron chi connectivity index (χ3n) is 4.11. The first-order valence-corrected chi connectivity index (χ1v) is 8.02. The fourth-order valence-electron chi connectivity index (χ4n) is 2.62. The van der Waals surface area contributed by atoms with Crippen LogP contribution in [-0.2, 0) is 11.3 Å². The van der Waals surface area contributed by atoms with Crippen molar-refractivity contribution >= 4 is 12.3 Å². The third kappa shape index (κ3) is 5.33. The molecule has 1 heterocycles. The Labute approximate surface area is 138 Å². The molecule has 126 valence electrons. The molecule has 0 unspecified atom stereocenters. The summed E-state index contributed by atoms with van der Waals surface area (Å²) in [6.45, 7) is 6.00. The van der Waals surface area contributed by atoms with Crippen LogP contribution in [0.1, 0.15) is 15.9 Å². The molecule has 6 heteroatoms. The van der Waals surface area contributed by atoms with Gasteiger partial charge in [-0.3, -0.25) is 14.5 Å². The number of carbonyl (C=O) groups is 2. The van der Waals surface area contributed by atoms with Crippen LogP contribution >= 0.6 is 0 Å². The molecule has 6 nitrogen and oxygen atoms in total. The molecule has 0 spiro atoms. The predicted octanol–water partition coefficient (Wildman–Crippen LogP) is 0.252. The molecule has 1 aliphatic rings. The van der Waals surface area contributed by atoms with Crippen molar-refractivity contribution in [2.24, 2.45) is 0 Å². The summed E-state index contributed by atoms with van der Waals surface area (Å²) in [4.78, 5) is 29.3. The van der Waals surface area contributed by atoms with E-state index in [1.54, 1.807) is 0 Å². The highest BCUT2D eigenvalue weighted by molar-refractivity contribution is 5.94. The first-order valence-electron chi connectivity index (χ1n) is 8.02. The quantitative estimate of drug-likeness (QED) is 0.733. The average molecular weight is 318 g/mol. The molecular formula is C17H26N4O2.